The number of thiophene rings is 1. The Hall–Kier alpha value is -7.99. The van der Waals surface area contributed by atoms with Crippen molar-refractivity contribution in [3.63, 3.8) is 0 Å². The van der Waals surface area contributed by atoms with E-state index in [1.165, 1.54) is 42.0 Å². The van der Waals surface area contributed by atoms with Crippen LogP contribution in [-0.2, 0) is 0 Å². The summed E-state index contributed by atoms with van der Waals surface area (Å²) in [7, 11) is 0. The van der Waals surface area contributed by atoms with E-state index in [2.05, 4.69) is 187 Å². The van der Waals surface area contributed by atoms with Crippen LogP contribution in [0, 0.1) is 0 Å². The fourth-order valence-corrected chi connectivity index (χ4v) is 10.1. The fraction of sp³-hybridized carbons (Fsp3) is 0. The van der Waals surface area contributed by atoms with Crippen molar-refractivity contribution in [3.8, 4) is 73.2 Å². The van der Waals surface area contributed by atoms with Gasteiger partial charge in [-0.3, -0.25) is 0 Å². The van der Waals surface area contributed by atoms with Crippen LogP contribution in [0.5, 0.6) is 0 Å². The summed E-state index contributed by atoms with van der Waals surface area (Å²) in [5, 5.41) is 5.14. The Kier molecular flexibility index (Phi) is 8.65. The Morgan fingerprint density at radius 2 is 0.742 bits per heavy atom. The van der Waals surface area contributed by atoms with Crippen LogP contribution < -0.4 is 0 Å². The van der Waals surface area contributed by atoms with Crippen molar-refractivity contribution in [1.82, 2.24) is 19.5 Å². The van der Waals surface area contributed by atoms with E-state index in [9.17, 15) is 0 Å². The van der Waals surface area contributed by atoms with Crippen LogP contribution in [0.25, 0.3) is 115 Å². The zero-order chi connectivity index (χ0) is 41.0. The molecule has 0 aliphatic rings. The van der Waals surface area contributed by atoms with Crippen LogP contribution >= 0.6 is 11.3 Å². The fourth-order valence-electron chi connectivity index (χ4n) is 8.88. The molecule has 3 aromatic heterocycles. The number of nitrogens with zero attached hydrogens (tertiary/aromatic N) is 4. The van der Waals surface area contributed by atoms with Gasteiger partial charge in [-0.1, -0.05) is 164 Å². The van der Waals surface area contributed by atoms with E-state index in [0.29, 0.717) is 17.5 Å². The summed E-state index contributed by atoms with van der Waals surface area (Å²) in [4.78, 5) is 15.4. The highest BCUT2D eigenvalue weighted by molar-refractivity contribution is 7.26. The van der Waals surface area contributed by atoms with Gasteiger partial charge in [0.25, 0.3) is 0 Å². The van der Waals surface area contributed by atoms with Crippen molar-refractivity contribution >= 4 is 53.3 Å². The van der Waals surface area contributed by atoms with Crippen LogP contribution in [0.4, 0.5) is 0 Å². The van der Waals surface area contributed by atoms with Crippen molar-refractivity contribution in [2.24, 2.45) is 0 Å². The number of para-hydroxylation sites is 1. The van der Waals surface area contributed by atoms with Crippen LogP contribution in [-0.4, -0.2) is 19.5 Å². The number of benzene rings is 9. The van der Waals surface area contributed by atoms with Gasteiger partial charge >= 0.3 is 0 Å². The van der Waals surface area contributed by atoms with Gasteiger partial charge in [0.15, 0.2) is 17.5 Å². The molecule has 0 radical (unpaired) electrons. The zero-order valence-corrected chi connectivity index (χ0v) is 34.3. The Morgan fingerprint density at radius 3 is 1.34 bits per heavy atom. The summed E-state index contributed by atoms with van der Waals surface area (Å²) in [5.74, 6) is 1.88. The quantitative estimate of drug-likeness (QED) is 0.161. The molecule has 3 heterocycles. The molecule has 9 aromatic carbocycles. The van der Waals surface area contributed by atoms with E-state index < -0.39 is 0 Å². The minimum atomic E-state index is 0.617. The summed E-state index contributed by atoms with van der Waals surface area (Å²) in [6, 6.07) is 77.6. The van der Waals surface area contributed by atoms with Gasteiger partial charge in [0.05, 0.1) is 11.0 Å². The number of fused-ring (bicyclic) bond motifs is 7. The number of rotatable bonds is 7. The van der Waals surface area contributed by atoms with Crippen LogP contribution in [0.3, 0.4) is 0 Å². The second-order valence-corrected chi connectivity index (χ2v) is 16.7. The lowest BCUT2D eigenvalue weighted by molar-refractivity contribution is 1.07. The molecule has 12 aromatic rings. The second-order valence-electron chi connectivity index (χ2n) is 15.6. The third-order valence-electron chi connectivity index (χ3n) is 11.8. The number of hydrogen-bond acceptors (Lipinski definition) is 4. The third kappa shape index (κ3) is 6.26. The average Bonchev–Trinajstić information content (AvgIpc) is 3.91. The molecule has 0 bridgehead atoms. The Morgan fingerprint density at radius 1 is 0.306 bits per heavy atom. The van der Waals surface area contributed by atoms with Crippen LogP contribution in [0.2, 0.25) is 0 Å². The van der Waals surface area contributed by atoms with Crippen molar-refractivity contribution < 1.29 is 0 Å². The predicted molar refractivity (Wildman–Crippen MR) is 260 cm³/mol. The Labute approximate surface area is 362 Å². The molecular formula is C57H36N4S. The largest absolute Gasteiger partial charge is 0.309 e. The first kappa shape index (κ1) is 35.9. The van der Waals surface area contributed by atoms with E-state index in [0.717, 1.165) is 55.8 Å². The van der Waals surface area contributed by atoms with Gasteiger partial charge in [-0.05, 0) is 88.0 Å². The summed E-state index contributed by atoms with van der Waals surface area (Å²) >= 11 is 1.88. The Balaban J connectivity index is 1.12. The second kappa shape index (κ2) is 14.9. The van der Waals surface area contributed by atoms with Gasteiger partial charge < -0.3 is 4.57 Å². The molecular weight excluding hydrogens is 773 g/mol. The molecule has 0 saturated carbocycles. The van der Waals surface area contributed by atoms with E-state index in [1.54, 1.807) is 0 Å². The highest BCUT2D eigenvalue weighted by Gasteiger charge is 2.20. The SMILES string of the molecule is c1ccc(-c2cc(-c3cc(-c4ccccc4)cc(-n4c5ccccc5c5c6sc7ccccc7c6ccc54)c3)cc(-c3nc(-c4ccccc4)nc(-c4ccccc4)n3)c2)cc1. The molecule has 62 heavy (non-hydrogen) atoms. The lowest BCUT2D eigenvalue weighted by atomic mass is 9.93. The first-order valence-corrected chi connectivity index (χ1v) is 21.7. The van der Waals surface area contributed by atoms with Gasteiger partial charge in [0, 0.05) is 53.3 Å². The number of aromatic nitrogens is 4. The van der Waals surface area contributed by atoms with Gasteiger partial charge in [0.2, 0.25) is 0 Å². The van der Waals surface area contributed by atoms with Gasteiger partial charge in [-0.2, -0.15) is 0 Å². The maximum absolute atomic E-state index is 5.18. The van der Waals surface area contributed by atoms with Gasteiger partial charge in [0.1, 0.15) is 0 Å². The molecule has 0 amide bonds. The van der Waals surface area contributed by atoms with Crippen molar-refractivity contribution in [2.45, 2.75) is 0 Å². The molecule has 0 unspecified atom stereocenters. The minimum Gasteiger partial charge on any atom is -0.309 e. The van der Waals surface area contributed by atoms with E-state index in [-0.39, 0.29) is 0 Å². The lowest BCUT2D eigenvalue weighted by Crippen LogP contribution is -2.00. The van der Waals surface area contributed by atoms with Gasteiger partial charge in [-0.15, -0.1) is 11.3 Å². The lowest BCUT2D eigenvalue weighted by Gasteiger charge is -2.16. The molecule has 0 spiro atoms. The van der Waals surface area contributed by atoms with Crippen molar-refractivity contribution in [1.29, 1.82) is 0 Å². The summed E-state index contributed by atoms with van der Waals surface area (Å²) in [5.41, 5.74) is 12.9. The van der Waals surface area contributed by atoms with Crippen molar-refractivity contribution in [3.05, 3.63) is 218 Å². The molecule has 0 fully saturated rings. The monoisotopic (exact) mass is 808 g/mol. The Bertz CT molecular complexity index is 3560. The van der Waals surface area contributed by atoms with Gasteiger partial charge in [-0.25, -0.2) is 15.0 Å². The molecule has 5 heteroatoms. The third-order valence-corrected chi connectivity index (χ3v) is 13.0. The minimum absolute atomic E-state index is 0.617. The van der Waals surface area contributed by atoms with E-state index >= 15 is 0 Å². The molecule has 0 aliphatic heterocycles. The molecule has 0 saturated heterocycles. The van der Waals surface area contributed by atoms with Crippen molar-refractivity contribution in [2.75, 3.05) is 0 Å². The standard InChI is InChI=1S/C57H36N4S/c1-5-17-37(18-6-1)41-31-42(34-45(33-41)57-59-55(39-21-9-3-10-22-39)58-56(60-57)40-23-11-4-12-24-40)44-32-43(38-19-7-2-8-20-38)35-46(36-44)61-50-27-15-13-26-49(50)53-51(61)30-29-48-47-25-14-16-28-52(47)62-54(48)53/h1-36H. The summed E-state index contributed by atoms with van der Waals surface area (Å²) in [6.45, 7) is 0. The summed E-state index contributed by atoms with van der Waals surface area (Å²) in [6.07, 6.45) is 0. The van der Waals surface area contributed by atoms with Crippen LogP contribution in [0.15, 0.2) is 218 Å². The smallest absolute Gasteiger partial charge is 0.164 e. The number of hydrogen-bond donors (Lipinski definition) is 0. The normalized spacial score (nSPS) is 11.5. The zero-order valence-electron chi connectivity index (χ0n) is 33.5. The highest BCUT2D eigenvalue weighted by Crippen LogP contribution is 2.44. The first-order valence-electron chi connectivity index (χ1n) is 20.8. The topological polar surface area (TPSA) is 43.6 Å². The molecule has 0 N–H and O–H groups in total. The highest BCUT2D eigenvalue weighted by atomic mass is 32.1. The first-order chi connectivity index (χ1) is 30.7. The maximum Gasteiger partial charge on any atom is 0.164 e. The van der Waals surface area contributed by atoms with Crippen LogP contribution in [0.1, 0.15) is 0 Å². The predicted octanol–water partition coefficient (Wildman–Crippen LogP) is 15.3. The molecule has 4 nitrogen and oxygen atoms in total. The maximum atomic E-state index is 5.18. The van der Waals surface area contributed by atoms with E-state index in [1.807, 2.05) is 47.7 Å². The molecule has 0 atom stereocenters. The molecule has 290 valence electrons. The van der Waals surface area contributed by atoms with E-state index in [4.69, 9.17) is 15.0 Å². The summed E-state index contributed by atoms with van der Waals surface area (Å²) < 4.78 is 5.08. The molecule has 0 aliphatic carbocycles. The average molecular weight is 809 g/mol. The molecule has 12 rings (SSSR count).